The molecule has 0 saturated carbocycles. The molecule has 1 heterocycles. The van der Waals surface area contributed by atoms with Crippen LogP contribution in [0.1, 0.15) is 0 Å². The monoisotopic (exact) mass is 803 g/mol. The summed E-state index contributed by atoms with van der Waals surface area (Å²) in [4.78, 5) is 13.9. The molecule has 4 rings (SSSR count). The number of nitrogen functional groups attached to an aromatic ring is 1. The van der Waals surface area contributed by atoms with E-state index in [1.54, 1.807) is 18.2 Å². The number of aliphatic hydroxyl groups is 2. The highest BCUT2D eigenvalue weighted by molar-refractivity contribution is 7.95. The number of hydrogen-bond acceptors (Lipinski definition) is 26. The van der Waals surface area contributed by atoms with E-state index in [0.29, 0.717) is 65.2 Å². The number of aromatic nitrogens is 3. The molecule has 26 heteroatoms. The highest BCUT2D eigenvalue weighted by Crippen LogP contribution is 2.46. The molecular weight excluding hydrogens is 771 g/mol. The first-order valence-corrected chi connectivity index (χ1v) is 17.1. The molecule has 1 aromatic heterocycles. The van der Waals surface area contributed by atoms with Gasteiger partial charge in [-0.25, -0.2) is 15.8 Å². The first-order valence-electron chi connectivity index (χ1n) is 14.9. The lowest BCUT2D eigenvalue weighted by Crippen LogP contribution is -2.17. The number of anilines is 5. The fourth-order valence-corrected chi connectivity index (χ4v) is 5.59. The smallest absolute Gasteiger partial charge is 0.233 e. The molecule has 3 aromatic carbocycles. The van der Waals surface area contributed by atoms with Crippen molar-refractivity contribution in [2.24, 2.45) is 10.2 Å². The van der Waals surface area contributed by atoms with Crippen molar-refractivity contribution < 1.29 is 68.7 Å². The third-order valence-corrected chi connectivity index (χ3v) is 8.11. The Labute approximate surface area is 311 Å². The van der Waals surface area contributed by atoms with Crippen LogP contribution < -0.4 is 21.7 Å². The SMILES string of the molecule is Nc1c(SOOO)cc2cc(SOOO)cc(O)c2c1N=Nc1ccc(Nc2nc(NCCOCCO)nc(NCCOCCO)n2)cc1SOOO. The number of azo groups is 1. The summed E-state index contributed by atoms with van der Waals surface area (Å²) in [6.07, 6.45) is 0. The van der Waals surface area contributed by atoms with E-state index in [4.69, 9.17) is 41.2 Å². The minimum Gasteiger partial charge on any atom is -0.507 e. The van der Waals surface area contributed by atoms with Crippen LogP contribution in [0.4, 0.5) is 40.6 Å². The van der Waals surface area contributed by atoms with Crippen LogP contribution in [-0.4, -0.2) is 98.8 Å². The first-order chi connectivity index (χ1) is 25.9. The Bertz CT molecular complexity index is 1750. The number of phenols is 1. The number of hydrogen-bond donors (Lipinski definition) is 10. The van der Waals surface area contributed by atoms with E-state index >= 15 is 0 Å². The molecular formula is C27H33N9O14S3. The zero-order chi connectivity index (χ0) is 37.8. The van der Waals surface area contributed by atoms with Crippen LogP contribution in [0.3, 0.4) is 0 Å². The number of rotatable bonds is 25. The second kappa shape index (κ2) is 23.0. The minimum absolute atomic E-state index is 0.00818. The summed E-state index contributed by atoms with van der Waals surface area (Å²) in [5.74, 6) is 0.240. The molecule has 0 bridgehead atoms. The van der Waals surface area contributed by atoms with E-state index < -0.39 is 0 Å². The van der Waals surface area contributed by atoms with Crippen LogP contribution in [-0.2, 0) is 37.6 Å². The van der Waals surface area contributed by atoms with Crippen molar-refractivity contribution in [3.63, 3.8) is 0 Å². The maximum absolute atomic E-state index is 10.9. The molecule has 11 N–H and O–H groups in total. The van der Waals surface area contributed by atoms with Gasteiger partial charge in [-0.3, -0.25) is 0 Å². The highest BCUT2D eigenvalue weighted by atomic mass is 32.2. The fraction of sp³-hybridized carbons (Fsp3) is 0.296. The lowest BCUT2D eigenvalue weighted by atomic mass is 10.1. The number of ether oxygens (including phenoxy) is 2. The molecule has 288 valence electrons. The second-order valence-corrected chi connectivity index (χ2v) is 12.0. The van der Waals surface area contributed by atoms with Crippen molar-refractivity contribution in [1.82, 2.24) is 15.0 Å². The van der Waals surface area contributed by atoms with Crippen molar-refractivity contribution in [3.05, 3.63) is 36.4 Å². The molecule has 0 saturated heterocycles. The normalized spacial score (nSPS) is 11.5. The first kappa shape index (κ1) is 41.8. The Morgan fingerprint density at radius 3 is 1.92 bits per heavy atom. The zero-order valence-electron chi connectivity index (χ0n) is 27.1. The van der Waals surface area contributed by atoms with Crippen molar-refractivity contribution in [3.8, 4) is 5.75 Å². The summed E-state index contributed by atoms with van der Waals surface area (Å²) in [6, 6.07) is 9.05. The Morgan fingerprint density at radius 2 is 1.30 bits per heavy atom. The maximum atomic E-state index is 10.9. The Hall–Kier alpha value is -3.94. The molecule has 0 aliphatic heterocycles. The Kier molecular flexibility index (Phi) is 18.1. The summed E-state index contributed by atoms with van der Waals surface area (Å²) in [5, 5.41) is 84.2. The van der Waals surface area contributed by atoms with Crippen molar-refractivity contribution in [1.29, 1.82) is 0 Å². The van der Waals surface area contributed by atoms with E-state index in [1.165, 1.54) is 18.2 Å². The molecule has 0 aliphatic rings. The number of nitrogens with two attached hydrogens (primary N) is 1. The summed E-state index contributed by atoms with van der Waals surface area (Å²) >= 11 is 1.72. The summed E-state index contributed by atoms with van der Waals surface area (Å²) in [7, 11) is 0. The van der Waals surface area contributed by atoms with Crippen molar-refractivity contribution in [2.75, 3.05) is 74.4 Å². The fourth-order valence-electron chi connectivity index (χ4n) is 4.21. The highest BCUT2D eigenvalue weighted by Gasteiger charge is 2.18. The largest absolute Gasteiger partial charge is 0.507 e. The average Bonchev–Trinajstić information content (AvgIpc) is 3.15. The Balaban J connectivity index is 1.65. The van der Waals surface area contributed by atoms with Gasteiger partial charge >= 0.3 is 0 Å². The predicted octanol–water partition coefficient (Wildman–Crippen LogP) is 4.60. The number of nitrogens with one attached hydrogen (secondary N) is 3. The van der Waals surface area contributed by atoms with Crippen molar-refractivity contribution in [2.45, 2.75) is 14.7 Å². The average molecular weight is 804 g/mol. The van der Waals surface area contributed by atoms with Crippen LogP contribution in [0.15, 0.2) is 61.3 Å². The molecule has 0 fully saturated rings. The number of aromatic hydroxyl groups is 1. The predicted molar refractivity (Wildman–Crippen MR) is 189 cm³/mol. The quantitative estimate of drug-likeness (QED) is 0.0109. The molecule has 0 radical (unpaired) electrons. The van der Waals surface area contributed by atoms with Gasteiger partial charge < -0.3 is 46.5 Å². The van der Waals surface area contributed by atoms with Gasteiger partial charge in [0.15, 0.2) is 0 Å². The molecule has 0 atom stereocenters. The van der Waals surface area contributed by atoms with E-state index in [2.05, 4.69) is 69.2 Å². The lowest BCUT2D eigenvalue weighted by Gasteiger charge is -2.13. The topological polar surface area (TPSA) is 321 Å². The zero-order valence-corrected chi connectivity index (χ0v) is 29.6. The van der Waals surface area contributed by atoms with Gasteiger partial charge in [0.05, 0.1) is 96.6 Å². The molecule has 0 unspecified atom stereocenters. The van der Waals surface area contributed by atoms with Gasteiger partial charge in [0.25, 0.3) is 0 Å². The van der Waals surface area contributed by atoms with Crippen molar-refractivity contribution >= 4 is 87.5 Å². The molecule has 23 nitrogen and oxygen atoms in total. The van der Waals surface area contributed by atoms with E-state index in [0.717, 1.165) is 0 Å². The Morgan fingerprint density at radius 1 is 0.698 bits per heavy atom. The van der Waals surface area contributed by atoms with Crippen LogP contribution in [0.2, 0.25) is 0 Å². The number of nitrogens with zero attached hydrogens (tertiary/aromatic N) is 5. The third-order valence-electron chi connectivity index (χ3n) is 6.27. The standard InChI is InChI=1S/C27H33N9O14S3/c28-23-21(53-50-47-42)12-15-11-17(51-48-45-40)14-19(39)22(15)24(23)36-35-18-2-1-16(13-20(18)52-49-46-41)31-27-33-25(29-3-7-43-9-5-37)32-26(34-27)30-4-8-44-10-6-38/h1-2,11-14,37-42H,3-10,28H2,(H3,29,30,31,32,33,34). The van der Waals surface area contributed by atoms with E-state index in [1.807, 2.05) is 0 Å². The molecule has 0 amide bonds. The number of aliphatic hydroxyl groups excluding tert-OH is 2. The third kappa shape index (κ3) is 13.1. The van der Waals surface area contributed by atoms with Gasteiger partial charge in [-0.15, -0.1) is 23.2 Å². The van der Waals surface area contributed by atoms with E-state index in [9.17, 15) is 5.11 Å². The maximum Gasteiger partial charge on any atom is 0.233 e. The van der Waals surface area contributed by atoms with Gasteiger partial charge in [-0.05, 0) is 41.8 Å². The van der Waals surface area contributed by atoms with Gasteiger partial charge in [0.2, 0.25) is 17.8 Å². The minimum atomic E-state index is -0.287. The van der Waals surface area contributed by atoms with Crippen LogP contribution in [0.25, 0.3) is 10.8 Å². The van der Waals surface area contributed by atoms with Crippen LogP contribution in [0.5, 0.6) is 5.75 Å². The van der Waals surface area contributed by atoms with Gasteiger partial charge in [-0.2, -0.15) is 15.0 Å². The second-order valence-electron chi connectivity index (χ2n) is 9.69. The summed E-state index contributed by atoms with van der Waals surface area (Å²) < 4.78 is 24.2. The molecule has 0 spiro atoms. The number of phenolic OH excluding ortho intramolecular Hbond substituents is 1. The van der Waals surface area contributed by atoms with Crippen LogP contribution in [0, 0.1) is 0 Å². The number of benzene rings is 3. The van der Waals surface area contributed by atoms with Gasteiger partial charge in [0, 0.05) is 23.7 Å². The number of fused-ring (bicyclic) bond motifs is 1. The molecule has 0 aliphatic carbocycles. The van der Waals surface area contributed by atoms with Gasteiger partial charge in [-0.1, -0.05) is 15.1 Å². The lowest BCUT2D eigenvalue weighted by molar-refractivity contribution is -0.432. The molecule has 53 heavy (non-hydrogen) atoms. The van der Waals surface area contributed by atoms with Crippen LogP contribution >= 0.6 is 36.1 Å². The van der Waals surface area contributed by atoms with Gasteiger partial charge in [0.1, 0.15) is 17.1 Å². The summed E-state index contributed by atoms with van der Waals surface area (Å²) in [6.45, 7) is 1.35. The molecule has 4 aromatic rings. The summed E-state index contributed by atoms with van der Waals surface area (Å²) in [5.41, 5.74) is 6.94. The van der Waals surface area contributed by atoms with E-state index in [-0.39, 0.29) is 95.5 Å².